The Labute approximate surface area is 169 Å². The van der Waals surface area contributed by atoms with Gasteiger partial charge in [0.1, 0.15) is 0 Å². The molecule has 1 aliphatic heterocycles. The average Bonchev–Trinajstić information content (AvgIpc) is 3.17. The first-order valence-electron chi connectivity index (χ1n) is 8.65. The van der Waals surface area contributed by atoms with Crippen molar-refractivity contribution < 1.29 is 13.2 Å². The highest BCUT2D eigenvalue weighted by Gasteiger charge is 2.28. The Hall–Kier alpha value is -1.60. The molecule has 144 valence electrons. The third kappa shape index (κ3) is 4.29. The summed E-state index contributed by atoms with van der Waals surface area (Å²) in [6, 6.07) is 11.1. The third-order valence-electron chi connectivity index (χ3n) is 4.60. The number of benzene rings is 2. The molecule has 0 radical (unpaired) electrons. The van der Waals surface area contributed by atoms with Crippen molar-refractivity contribution in [3.05, 3.63) is 63.6 Å². The Morgan fingerprint density at radius 1 is 1.07 bits per heavy atom. The van der Waals surface area contributed by atoms with Crippen molar-refractivity contribution in [2.45, 2.75) is 30.7 Å². The van der Waals surface area contributed by atoms with E-state index in [0.717, 1.165) is 18.4 Å². The summed E-state index contributed by atoms with van der Waals surface area (Å²) in [4.78, 5) is 12.8. The van der Waals surface area contributed by atoms with Gasteiger partial charge in [0.25, 0.3) is 5.91 Å². The highest BCUT2D eigenvalue weighted by molar-refractivity contribution is 7.89. The van der Waals surface area contributed by atoms with Crippen LogP contribution in [0.1, 0.15) is 41.7 Å². The van der Waals surface area contributed by atoms with Crippen molar-refractivity contribution in [1.29, 1.82) is 0 Å². The molecule has 0 spiro atoms. The molecule has 1 unspecified atom stereocenters. The number of nitrogens with zero attached hydrogens (tertiary/aromatic N) is 1. The number of sulfonamides is 1. The molecule has 1 atom stereocenters. The monoisotopic (exact) mass is 426 g/mol. The average molecular weight is 427 g/mol. The zero-order chi connectivity index (χ0) is 19.6. The molecule has 1 amide bonds. The standard InChI is InChI=1S/C19H20Cl2N2O3S/c1-13(15-6-2-3-7-17(15)20)22-19(24)16-12-14(8-9-18(16)21)27(25,26)23-10-4-5-11-23/h2-3,6-9,12-13H,4-5,10-11H2,1H3,(H,22,24). The van der Waals surface area contributed by atoms with Crippen LogP contribution < -0.4 is 5.32 Å². The normalized spacial score (nSPS) is 16.3. The van der Waals surface area contributed by atoms with Crippen molar-refractivity contribution in [2.75, 3.05) is 13.1 Å². The fourth-order valence-corrected chi connectivity index (χ4v) is 5.14. The van der Waals surface area contributed by atoms with Crippen molar-refractivity contribution >= 4 is 39.1 Å². The zero-order valence-electron chi connectivity index (χ0n) is 14.8. The van der Waals surface area contributed by atoms with E-state index < -0.39 is 15.9 Å². The molecule has 8 heteroatoms. The lowest BCUT2D eigenvalue weighted by Gasteiger charge is -2.18. The number of carbonyl (C=O) groups is 1. The topological polar surface area (TPSA) is 66.5 Å². The molecule has 1 N–H and O–H groups in total. The highest BCUT2D eigenvalue weighted by atomic mass is 35.5. The van der Waals surface area contributed by atoms with Crippen LogP contribution in [0.15, 0.2) is 47.4 Å². The van der Waals surface area contributed by atoms with Crippen LogP contribution in [0.2, 0.25) is 10.0 Å². The molecule has 0 aliphatic carbocycles. The van der Waals surface area contributed by atoms with Crippen LogP contribution in [-0.4, -0.2) is 31.7 Å². The number of hydrogen-bond donors (Lipinski definition) is 1. The number of carbonyl (C=O) groups excluding carboxylic acids is 1. The summed E-state index contributed by atoms with van der Waals surface area (Å²) in [5.41, 5.74) is 0.889. The largest absolute Gasteiger partial charge is 0.345 e. The van der Waals surface area contributed by atoms with E-state index in [2.05, 4.69) is 5.32 Å². The number of rotatable bonds is 5. The molecule has 2 aromatic rings. The molecule has 27 heavy (non-hydrogen) atoms. The van der Waals surface area contributed by atoms with Gasteiger partial charge >= 0.3 is 0 Å². The van der Waals surface area contributed by atoms with Gasteiger partial charge in [0, 0.05) is 18.1 Å². The van der Waals surface area contributed by atoms with E-state index in [0.29, 0.717) is 18.1 Å². The second-order valence-electron chi connectivity index (χ2n) is 6.47. The van der Waals surface area contributed by atoms with Gasteiger partial charge in [0.15, 0.2) is 0 Å². The number of hydrogen-bond acceptors (Lipinski definition) is 3. The molecule has 0 saturated carbocycles. The van der Waals surface area contributed by atoms with Crippen molar-refractivity contribution in [3.8, 4) is 0 Å². The lowest BCUT2D eigenvalue weighted by atomic mass is 10.1. The Kier molecular flexibility index (Phi) is 6.11. The Bertz CT molecular complexity index is 957. The van der Waals surface area contributed by atoms with Crippen LogP contribution >= 0.6 is 23.2 Å². The molecule has 1 heterocycles. The number of nitrogens with one attached hydrogen (secondary N) is 1. The maximum absolute atomic E-state index is 12.7. The summed E-state index contributed by atoms with van der Waals surface area (Å²) < 4.78 is 26.9. The molecule has 3 rings (SSSR count). The maximum atomic E-state index is 12.7. The van der Waals surface area contributed by atoms with E-state index in [4.69, 9.17) is 23.2 Å². The molecule has 1 saturated heterocycles. The van der Waals surface area contributed by atoms with Gasteiger partial charge in [-0.15, -0.1) is 0 Å². The highest BCUT2D eigenvalue weighted by Crippen LogP contribution is 2.27. The summed E-state index contributed by atoms with van der Waals surface area (Å²) in [7, 11) is -3.63. The lowest BCUT2D eigenvalue weighted by molar-refractivity contribution is 0.0940. The number of halogens is 2. The lowest BCUT2D eigenvalue weighted by Crippen LogP contribution is -2.29. The van der Waals surface area contributed by atoms with Crippen molar-refractivity contribution in [3.63, 3.8) is 0 Å². The minimum atomic E-state index is -3.63. The number of amides is 1. The van der Waals surface area contributed by atoms with E-state index in [-0.39, 0.29) is 21.5 Å². The quantitative estimate of drug-likeness (QED) is 0.775. The van der Waals surface area contributed by atoms with Gasteiger partial charge in [-0.05, 0) is 49.6 Å². The van der Waals surface area contributed by atoms with E-state index in [9.17, 15) is 13.2 Å². The van der Waals surface area contributed by atoms with Crippen LogP contribution in [0.3, 0.4) is 0 Å². The maximum Gasteiger partial charge on any atom is 0.253 e. The first-order valence-corrected chi connectivity index (χ1v) is 10.9. The minimum absolute atomic E-state index is 0.0735. The van der Waals surface area contributed by atoms with Gasteiger partial charge in [-0.25, -0.2) is 8.42 Å². The smallest absolute Gasteiger partial charge is 0.253 e. The van der Waals surface area contributed by atoms with Gasteiger partial charge in [-0.2, -0.15) is 4.31 Å². The Morgan fingerprint density at radius 3 is 2.41 bits per heavy atom. The molecule has 0 aromatic heterocycles. The van der Waals surface area contributed by atoms with E-state index in [1.165, 1.54) is 22.5 Å². The molecular formula is C19H20Cl2N2O3S. The first kappa shape index (κ1) is 20.1. The van der Waals surface area contributed by atoms with Gasteiger partial charge in [0.2, 0.25) is 10.0 Å². The van der Waals surface area contributed by atoms with Crippen molar-refractivity contribution in [1.82, 2.24) is 9.62 Å². The molecule has 5 nitrogen and oxygen atoms in total. The van der Waals surface area contributed by atoms with Gasteiger partial charge in [-0.1, -0.05) is 41.4 Å². The summed E-state index contributed by atoms with van der Waals surface area (Å²) in [6.45, 7) is 2.80. The predicted octanol–water partition coefficient (Wildman–Crippen LogP) is 4.27. The van der Waals surface area contributed by atoms with Crippen LogP contribution in [-0.2, 0) is 10.0 Å². The fourth-order valence-electron chi connectivity index (χ4n) is 3.09. The van der Waals surface area contributed by atoms with Gasteiger partial charge in [-0.3, -0.25) is 4.79 Å². The van der Waals surface area contributed by atoms with Crippen LogP contribution in [0, 0.1) is 0 Å². The Balaban J connectivity index is 1.86. The van der Waals surface area contributed by atoms with Gasteiger partial charge < -0.3 is 5.32 Å². The summed E-state index contributed by atoms with van der Waals surface area (Å²) in [5.74, 6) is -0.453. The Morgan fingerprint density at radius 2 is 1.74 bits per heavy atom. The van der Waals surface area contributed by atoms with Crippen molar-refractivity contribution in [2.24, 2.45) is 0 Å². The second kappa shape index (κ2) is 8.19. The molecule has 2 aromatic carbocycles. The summed E-state index contributed by atoms with van der Waals surface area (Å²) in [6.07, 6.45) is 1.69. The third-order valence-corrected chi connectivity index (χ3v) is 7.17. The summed E-state index contributed by atoms with van der Waals surface area (Å²) >= 11 is 12.3. The van der Waals surface area contributed by atoms with Crippen LogP contribution in [0.5, 0.6) is 0 Å². The predicted molar refractivity (Wildman–Crippen MR) is 107 cm³/mol. The summed E-state index contributed by atoms with van der Waals surface area (Å²) in [5, 5.41) is 3.56. The van der Waals surface area contributed by atoms with Crippen LogP contribution in [0.25, 0.3) is 0 Å². The first-order chi connectivity index (χ1) is 12.8. The minimum Gasteiger partial charge on any atom is -0.345 e. The zero-order valence-corrected chi connectivity index (χ0v) is 17.1. The van der Waals surface area contributed by atoms with Gasteiger partial charge in [0.05, 0.1) is 21.5 Å². The molecule has 1 fully saturated rings. The molecule has 0 bridgehead atoms. The van der Waals surface area contributed by atoms with E-state index >= 15 is 0 Å². The van der Waals surface area contributed by atoms with E-state index in [1.807, 2.05) is 18.2 Å². The SMILES string of the molecule is CC(NC(=O)c1cc(S(=O)(=O)N2CCCC2)ccc1Cl)c1ccccc1Cl. The molecule has 1 aliphatic rings. The second-order valence-corrected chi connectivity index (χ2v) is 9.22. The fraction of sp³-hybridized carbons (Fsp3) is 0.316. The van der Waals surface area contributed by atoms with E-state index in [1.54, 1.807) is 13.0 Å². The molecular weight excluding hydrogens is 407 g/mol. The van der Waals surface area contributed by atoms with Crippen LogP contribution in [0.4, 0.5) is 0 Å².